The Morgan fingerprint density at radius 1 is 1.25 bits per heavy atom. The number of hydrogen-bond donors (Lipinski definition) is 2. The van der Waals surface area contributed by atoms with Gasteiger partial charge in [-0.1, -0.05) is 25.5 Å². The monoisotopic (exact) mass is 242 g/mol. The predicted octanol–water partition coefficient (Wildman–Crippen LogP) is 1.86. The molecule has 0 aliphatic rings. The molecule has 0 saturated carbocycles. The van der Waals surface area contributed by atoms with E-state index in [9.17, 15) is 9.36 Å². The van der Waals surface area contributed by atoms with E-state index in [0.29, 0.717) is 12.0 Å². The molecule has 0 heterocycles. The number of unbranched alkanes of at least 4 members (excludes halogenated alkanes) is 1. The van der Waals surface area contributed by atoms with Gasteiger partial charge in [0.25, 0.3) is 0 Å². The topological polar surface area (TPSA) is 74.6 Å². The summed E-state index contributed by atoms with van der Waals surface area (Å²) in [6, 6.07) is 5.54. The normalized spacial score (nSPS) is 11.4. The van der Waals surface area contributed by atoms with Gasteiger partial charge in [0.15, 0.2) is 5.78 Å². The molecule has 0 aliphatic heterocycles. The predicted molar refractivity (Wildman–Crippen MR) is 62.0 cm³/mol. The second-order valence-corrected chi connectivity index (χ2v) is 5.22. The fraction of sp³-hybridized carbons (Fsp3) is 0.364. The van der Waals surface area contributed by atoms with E-state index in [4.69, 9.17) is 9.79 Å². The van der Waals surface area contributed by atoms with Crippen LogP contribution in [0.2, 0.25) is 0 Å². The number of hydrogen-bond acceptors (Lipinski definition) is 2. The van der Waals surface area contributed by atoms with E-state index in [1.54, 1.807) is 0 Å². The zero-order valence-corrected chi connectivity index (χ0v) is 9.98. The first-order chi connectivity index (χ1) is 7.45. The standard InChI is InChI=1S/C11H15O4P/c1-2-3-4-11(12)9-5-7-10(8-6-9)16(13,14)15/h5-8H,2-4H2,1H3,(H2,13,14,15). The molecule has 16 heavy (non-hydrogen) atoms. The lowest BCUT2D eigenvalue weighted by atomic mass is 10.1. The minimum absolute atomic E-state index is 0.0131. The van der Waals surface area contributed by atoms with Gasteiger partial charge in [0.05, 0.1) is 5.30 Å². The van der Waals surface area contributed by atoms with Crippen LogP contribution in [0.3, 0.4) is 0 Å². The van der Waals surface area contributed by atoms with E-state index in [2.05, 4.69) is 0 Å². The molecular weight excluding hydrogens is 227 g/mol. The van der Waals surface area contributed by atoms with Crippen molar-refractivity contribution in [3.05, 3.63) is 29.8 Å². The van der Waals surface area contributed by atoms with Gasteiger partial charge < -0.3 is 9.79 Å². The molecule has 2 N–H and O–H groups in total. The van der Waals surface area contributed by atoms with Crippen LogP contribution in [0, 0.1) is 0 Å². The zero-order valence-electron chi connectivity index (χ0n) is 9.09. The van der Waals surface area contributed by atoms with Crippen molar-refractivity contribution < 1.29 is 19.1 Å². The van der Waals surface area contributed by atoms with Crippen LogP contribution < -0.4 is 5.30 Å². The second kappa shape index (κ2) is 5.39. The number of Topliss-reactive ketones (excluding diaryl/α,β-unsaturated/α-hetero) is 1. The van der Waals surface area contributed by atoms with Crippen molar-refractivity contribution in [3.8, 4) is 0 Å². The van der Waals surface area contributed by atoms with Crippen LogP contribution in [0.5, 0.6) is 0 Å². The average Bonchev–Trinajstić information content (AvgIpc) is 2.25. The summed E-state index contributed by atoms with van der Waals surface area (Å²) < 4.78 is 10.9. The first-order valence-corrected chi connectivity index (χ1v) is 6.75. The molecule has 0 aliphatic carbocycles. The van der Waals surface area contributed by atoms with Gasteiger partial charge in [-0.15, -0.1) is 0 Å². The minimum atomic E-state index is -4.20. The highest BCUT2D eigenvalue weighted by molar-refractivity contribution is 7.60. The van der Waals surface area contributed by atoms with E-state index < -0.39 is 7.60 Å². The third kappa shape index (κ3) is 3.56. The molecule has 0 fully saturated rings. The Kier molecular flexibility index (Phi) is 4.42. The van der Waals surface area contributed by atoms with Gasteiger partial charge >= 0.3 is 7.60 Å². The van der Waals surface area contributed by atoms with Gasteiger partial charge in [-0.05, 0) is 18.6 Å². The van der Waals surface area contributed by atoms with Crippen LogP contribution in [0.25, 0.3) is 0 Å². The molecule has 0 amide bonds. The fourth-order valence-electron chi connectivity index (χ4n) is 1.32. The quantitative estimate of drug-likeness (QED) is 0.610. The maximum absolute atomic E-state index is 11.6. The summed E-state index contributed by atoms with van der Waals surface area (Å²) in [4.78, 5) is 29.3. The van der Waals surface area contributed by atoms with Gasteiger partial charge in [-0.25, -0.2) is 0 Å². The molecule has 4 nitrogen and oxygen atoms in total. The summed E-state index contributed by atoms with van der Waals surface area (Å²) in [6.07, 6.45) is 2.26. The molecule has 88 valence electrons. The molecule has 5 heteroatoms. The van der Waals surface area contributed by atoms with Crippen LogP contribution in [0.1, 0.15) is 36.5 Å². The van der Waals surface area contributed by atoms with Gasteiger partial charge in [-0.3, -0.25) is 9.36 Å². The highest BCUT2D eigenvalue weighted by atomic mass is 31.2. The molecule has 0 atom stereocenters. The fourth-order valence-corrected chi connectivity index (χ4v) is 1.86. The smallest absolute Gasteiger partial charge is 0.321 e. The average molecular weight is 242 g/mol. The summed E-state index contributed by atoms with van der Waals surface area (Å²) in [7, 11) is -4.20. The minimum Gasteiger partial charge on any atom is -0.321 e. The highest BCUT2D eigenvalue weighted by Gasteiger charge is 2.16. The van der Waals surface area contributed by atoms with E-state index in [0.717, 1.165) is 12.8 Å². The highest BCUT2D eigenvalue weighted by Crippen LogP contribution is 2.32. The number of carbonyl (C=O) groups is 1. The van der Waals surface area contributed by atoms with E-state index in [-0.39, 0.29) is 11.1 Å². The van der Waals surface area contributed by atoms with Gasteiger partial charge in [0.2, 0.25) is 0 Å². The second-order valence-electron chi connectivity index (χ2n) is 3.62. The molecular formula is C11H15O4P. The lowest BCUT2D eigenvalue weighted by Crippen LogP contribution is -2.06. The van der Waals surface area contributed by atoms with Crippen LogP contribution in [0.15, 0.2) is 24.3 Å². The number of ketones is 1. The SMILES string of the molecule is CCCCC(=O)c1ccc(P(=O)(O)O)cc1. The molecule has 1 rings (SSSR count). The van der Waals surface area contributed by atoms with Crippen LogP contribution in [0.4, 0.5) is 0 Å². The van der Waals surface area contributed by atoms with Crippen molar-refractivity contribution in [2.24, 2.45) is 0 Å². The molecule has 1 aromatic rings. The van der Waals surface area contributed by atoms with Crippen molar-refractivity contribution in [2.75, 3.05) is 0 Å². The molecule has 0 radical (unpaired) electrons. The van der Waals surface area contributed by atoms with Crippen LogP contribution >= 0.6 is 7.60 Å². The number of benzene rings is 1. The van der Waals surface area contributed by atoms with Crippen molar-refractivity contribution in [1.29, 1.82) is 0 Å². The largest absolute Gasteiger partial charge is 0.356 e. The zero-order chi connectivity index (χ0) is 12.2. The van der Waals surface area contributed by atoms with Crippen molar-refractivity contribution in [2.45, 2.75) is 26.2 Å². The lowest BCUT2D eigenvalue weighted by Gasteiger charge is -2.04. The van der Waals surface area contributed by atoms with Crippen LogP contribution in [-0.2, 0) is 4.57 Å². The van der Waals surface area contributed by atoms with E-state index in [1.807, 2.05) is 6.92 Å². The Morgan fingerprint density at radius 3 is 2.25 bits per heavy atom. The Hall–Kier alpha value is -0.960. The molecule has 0 unspecified atom stereocenters. The lowest BCUT2D eigenvalue weighted by molar-refractivity contribution is 0.0979. The first kappa shape index (κ1) is 13.1. The van der Waals surface area contributed by atoms with Gasteiger partial charge in [-0.2, -0.15) is 0 Å². The van der Waals surface area contributed by atoms with E-state index in [1.165, 1.54) is 24.3 Å². The van der Waals surface area contributed by atoms with Crippen LogP contribution in [-0.4, -0.2) is 15.6 Å². The third-order valence-corrected chi connectivity index (χ3v) is 3.25. The number of carbonyl (C=O) groups excluding carboxylic acids is 1. The molecule has 1 aromatic carbocycles. The van der Waals surface area contributed by atoms with E-state index >= 15 is 0 Å². The Morgan fingerprint density at radius 2 is 1.81 bits per heavy atom. The Labute approximate surface area is 94.5 Å². The van der Waals surface area contributed by atoms with Crippen molar-refractivity contribution in [3.63, 3.8) is 0 Å². The summed E-state index contributed by atoms with van der Waals surface area (Å²) >= 11 is 0. The molecule has 0 bridgehead atoms. The maximum Gasteiger partial charge on any atom is 0.356 e. The maximum atomic E-state index is 11.6. The Bertz CT molecular complexity index is 404. The van der Waals surface area contributed by atoms with Crippen molar-refractivity contribution in [1.82, 2.24) is 0 Å². The van der Waals surface area contributed by atoms with Gasteiger partial charge in [0, 0.05) is 12.0 Å². The number of rotatable bonds is 5. The summed E-state index contributed by atoms with van der Waals surface area (Å²) in [5.41, 5.74) is 0.505. The summed E-state index contributed by atoms with van der Waals surface area (Å²) in [5.74, 6) is 0.0131. The Balaban J connectivity index is 2.79. The van der Waals surface area contributed by atoms with Gasteiger partial charge in [0.1, 0.15) is 0 Å². The third-order valence-electron chi connectivity index (χ3n) is 2.28. The molecule has 0 saturated heterocycles. The summed E-state index contributed by atoms with van der Waals surface area (Å²) in [6.45, 7) is 2.00. The van der Waals surface area contributed by atoms with Crippen molar-refractivity contribution >= 4 is 18.7 Å². The molecule has 0 spiro atoms. The molecule has 0 aromatic heterocycles. The first-order valence-electron chi connectivity index (χ1n) is 5.14. The summed E-state index contributed by atoms with van der Waals surface area (Å²) in [5, 5.41) is -0.0560.